The molecular formula is C12H11Cl. The number of benzene rings is 1. The molecule has 0 atom stereocenters. The molecule has 0 fully saturated rings. The van der Waals surface area contributed by atoms with Gasteiger partial charge >= 0.3 is 0 Å². The van der Waals surface area contributed by atoms with E-state index in [-0.39, 0.29) is 5.38 Å². The molecular weight excluding hydrogens is 180 g/mol. The van der Waals surface area contributed by atoms with Crippen molar-refractivity contribution in [3.05, 3.63) is 60.2 Å². The molecule has 0 bridgehead atoms. The Balaban J connectivity index is 2.20. The molecule has 0 unspecified atom stereocenters. The normalized spacial score (nSPS) is 26.2. The van der Waals surface area contributed by atoms with Crippen LogP contribution in [0.2, 0.25) is 0 Å². The Hall–Kier alpha value is -1.01. The predicted molar refractivity (Wildman–Crippen MR) is 57.1 cm³/mol. The van der Waals surface area contributed by atoms with Crippen LogP contribution in [-0.2, 0) is 0 Å². The highest BCUT2D eigenvalue weighted by atomic mass is 35.5. The van der Waals surface area contributed by atoms with Crippen LogP contribution in [0.3, 0.4) is 0 Å². The van der Waals surface area contributed by atoms with Crippen LogP contribution in [0.15, 0.2) is 54.6 Å². The molecule has 66 valence electrons. The van der Waals surface area contributed by atoms with Crippen LogP contribution in [0.5, 0.6) is 0 Å². The molecule has 0 radical (unpaired) electrons. The minimum Gasteiger partial charge on any atom is -0.114 e. The van der Waals surface area contributed by atoms with Crippen LogP contribution in [0.4, 0.5) is 0 Å². The fraction of sp³-hybridized carbons (Fsp3) is 0.167. The van der Waals surface area contributed by atoms with Crippen LogP contribution >= 0.6 is 11.6 Å². The van der Waals surface area contributed by atoms with Crippen LogP contribution in [0.25, 0.3) is 0 Å². The van der Waals surface area contributed by atoms with Gasteiger partial charge in [-0.15, -0.1) is 11.6 Å². The number of halogens is 1. The third-order valence-electron chi connectivity index (χ3n) is 2.19. The molecule has 1 aliphatic rings. The summed E-state index contributed by atoms with van der Waals surface area (Å²) in [5, 5.41) is 0.0694. The Morgan fingerprint density at radius 2 is 1.46 bits per heavy atom. The molecule has 0 nitrogen and oxygen atoms in total. The van der Waals surface area contributed by atoms with E-state index in [9.17, 15) is 0 Å². The molecule has 0 spiro atoms. The number of hydrogen-bond acceptors (Lipinski definition) is 0. The van der Waals surface area contributed by atoms with Crippen molar-refractivity contribution in [3.63, 3.8) is 0 Å². The van der Waals surface area contributed by atoms with Crippen molar-refractivity contribution in [2.75, 3.05) is 0 Å². The third kappa shape index (κ3) is 2.02. The predicted octanol–water partition coefficient (Wildman–Crippen LogP) is 3.50. The van der Waals surface area contributed by atoms with Gasteiger partial charge < -0.3 is 0 Å². The summed E-state index contributed by atoms with van der Waals surface area (Å²) in [5.74, 6) is 0.399. The van der Waals surface area contributed by atoms with Gasteiger partial charge in [-0.05, 0) is 5.56 Å². The maximum absolute atomic E-state index is 5.90. The summed E-state index contributed by atoms with van der Waals surface area (Å²) in [7, 11) is 0. The fourth-order valence-electron chi connectivity index (χ4n) is 1.48. The Labute approximate surface area is 83.5 Å². The minimum absolute atomic E-state index is 0.0694. The summed E-state index contributed by atoms with van der Waals surface area (Å²) in [6.07, 6.45) is 8.35. The summed E-state index contributed by atoms with van der Waals surface area (Å²) in [5.41, 5.74) is 1.32. The monoisotopic (exact) mass is 190 g/mol. The summed E-state index contributed by atoms with van der Waals surface area (Å²) >= 11 is 5.90. The van der Waals surface area contributed by atoms with Gasteiger partial charge in [-0.1, -0.05) is 54.6 Å². The average molecular weight is 191 g/mol. The highest BCUT2D eigenvalue weighted by molar-refractivity contribution is 6.23. The van der Waals surface area contributed by atoms with Gasteiger partial charge in [0.1, 0.15) is 0 Å². The molecule has 2 rings (SSSR count). The molecule has 0 saturated heterocycles. The molecule has 1 heteroatoms. The third-order valence-corrected chi connectivity index (χ3v) is 2.48. The first-order valence-corrected chi connectivity index (χ1v) is 4.85. The van der Waals surface area contributed by atoms with Gasteiger partial charge in [0, 0.05) is 5.92 Å². The largest absolute Gasteiger partial charge is 0.114 e. The zero-order valence-corrected chi connectivity index (χ0v) is 7.98. The van der Waals surface area contributed by atoms with E-state index in [2.05, 4.69) is 36.4 Å². The van der Waals surface area contributed by atoms with E-state index < -0.39 is 0 Å². The van der Waals surface area contributed by atoms with Crippen molar-refractivity contribution in [1.29, 1.82) is 0 Å². The molecule has 0 aliphatic heterocycles. The van der Waals surface area contributed by atoms with Crippen molar-refractivity contribution in [1.82, 2.24) is 0 Å². The Morgan fingerprint density at radius 3 is 2.08 bits per heavy atom. The van der Waals surface area contributed by atoms with Crippen molar-refractivity contribution < 1.29 is 0 Å². The second-order valence-electron chi connectivity index (χ2n) is 3.15. The Kier molecular flexibility index (Phi) is 2.51. The first kappa shape index (κ1) is 8.58. The second kappa shape index (κ2) is 3.80. The molecule has 13 heavy (non-hydrogen) atoms. The lowest BCUT2D eigenvalue weighted by atomic mass is 9.95. The molecule has 0 amide bonds. The zero-order chi connectivity index (χ0) is 9.10. The summed E-state index contributed by atoms with van der Waals surface area (Å²) < 4.78 is 0. The molecule has 1 aromatic rings. The molecule has 1 aliphatic carbocycles. The van der Waals surface area contributed by atoms with Gasteiger partial charge in [0.05, 0.1) is 5.38 Å². The number of alkyl halides is 1. The van der Waals surface area contributed by atoms with Crippen LogP contribution < -0.4 is 0 Å². The van der Waals surface area contributed by atoms with E-state index in [1.165, 1.54) is 5.56 Å². The van der Waals surface area contributed by atoms with Crippen LogP contribution in [0.1, 0.15) is 11.5 Å². The van der Waals surface area contributed by atoms with Gasteiger partial charge in [0.25, 0.3) is 0 Å². The number of hydrogen-bond donors (Lipinski definition) is 0. The van der Waals surface area contributed by atoms with Gasteiger partial charge in [0.2, 0.25) is 0 Å². The Bertz CT molecular complexity index is 310. The quantitative estimate of drug-likeness (QED) is 0.470. The van der Waals surface area contributed by atoms with Crippen molar-refractivity contribution in [3.8, 4) is 0 Å². The molecule has 0 N–H and O–H groups in total. The fourth-order valence-corrected chi connectivity index (χ4v) is 1.65. The zero-order valence-electron chi connectivity index (χ0n) is 7.23. The first-order chi connectivity index (χ1) is 6.36. The maximum Gasteiger partial charge on any atom is 0.0697 e. The van der Waals surface area contributed by atoms with E-state index in [0.29, 0.717) is 5.92 Å². The molecule has 0 aromatic heterocycles. The maximum atomic E-state index is 5.90. The lowest BCUT2D eigenvalue weighted by Gasteiger charge is -2.12. The van der Waals surface area contributed by atoms with E-state index in [4.69, 9.17) is 11.6 Å². The second-order valence-corrected chi connectivity index (χ2v) is 3.65. The highest BCUT2D eigenvalue weighted by Crippen LogP contribution is 2.23. The SMILES string of the molecule is ClC1C=CC(c2ccccc2)C=C1. The topological polar surface area (TPSA) is 0 Å². The smallest absolute Gasteiger partial charge is 0.0697 e. The minimum atomic E-state index is 0.0694. The standard InChI is InChI=1S/C12H11Cl/c13-12-8-6-11(7-9-12)10-4-2-1-3-5-10/h1-9,11-12H. The summed E-state index contributed by atoms with van der Waals surface area (Å²) in [6.45, 7) is 0. The Morgan fingerprint density at radius 1 is 0.846 bits per heavy atom. The first-order valence-electron chi connectivity index (χ1n) is 4.42. The molecule has 0 saturated carbocycles. The summed E-state index contributed by atoms with van der Waals surface area (Å²) in [4.78, 5) is 0. The number of allylic oxidation sites excluding steroid dienone is 4. The highest BCUT2D eigenvalue weighted by Gasteiger charge is 2.08. The lowest BCUT2D eigenvalue weighted by Crippen LogP contribution is -1.99. The van der Waals surface area contributed by atoms with Gasteiger partial charge in [-0.2, -0.15) is 0 Å². The van der Waals surface area contributed by atoms with Crippen molar-refractivity contribution in [2.24, 2.45) is 0 Å². The van der Waals surface area contributed by atoms with Gasteiger partial charge in [-0.25, -0.2) is 0 Å². The average Bonchev–Trinajstić information content (AvgIpc) is 2.20. The van der Waals surface area contributed by atoms with E-state index in [1.54, 1.807) is 0 Å². The van der Waals surface area contributed by atoms with E-state index in [0.717, 1.165) is 0 Å². The molecule has 1 aromatic carbocycles. The molecule has 0 heterocycles. The van der Waals surface area contributed by atoms with Gasteiger partial charge in [-0.3, -0.25) is 0 Å². The van der Waals surface area contributed by atoms with E-state index in [1.807, 2.05) is 18.2 Å². The van der Waals surface area contributed by atoms with Gasteiger partial charge in [0.15, 0.2) is 0 Å². The van der Waals surface area contributed by atoms with Crippen molar-refractivity contribution in [2.45, 2.75) is 11.3 Å². The number of rotatable bonds is 1. The van der Waals surface area contributed by atoms with Crippen LogP contribution in [-0.4, -0.2) is 5.38 Å². The van der Waals surface area contributed by atoms with E-state index >= 15 is 0 Å². The van der Waals surface area contributed by atoms with Crippen molar-refractivity contribution >= 4 is 11.6 Å². The van der Waals surface area contributed by atoms with Crippen LogP contribution in [0, 0.1) is 0 Å². The lowest BCUT2D eigenvalue weighted by molar-refractivity contribution is 1.04. The summed E-state index contributed by atoms with van der Waals surface area (Å²) in [6, 6.07) is 10.4.